The van der Waals surface area contributed by atoms with Crippen LogP contribution >= 0.6 is 11.3 Å². The SMILES string of the molecule is Cc1scnc1C(=O)N(CCO)Cc1cccnc1. The van der Waals surface area contributed by atoms with Gasteiger partial charge in [0, 0.05) is 30.4 Å². The van der Waals surface area contributed by atoms with Crippen LogP contribution in [0.2, 0.25) is 0 Å². The molecule has 0 atom stereocenters. The Hall–Kier alpha value is -1.79. The van der Waals surface area contributed by atoms with Crippen LogP contribution in [0.4, 0.5) is 0 Å². The quantitative estimate of drug-likeness (QED) is 0.899. The fourth-order valence-electron chi connectivity index (χ4n) is 1.75. The van der Waals surface area contributed by atoms with E-state index in [1.165, 1.54) is 11.3 Å². The molecule has 0 radical (unpaired) electrons. The highest BCUT2D eigenvalue weighted by Gasteiger charge is 2.19. The van der Waals surface area contributed by atoms with E-state index in [0.29, 0.717) is 12.2 Å². The number of hydrogen-bond acceptors (Lipinski definition) is 5. The zero-order valence-corrected chi connectivity index (χ0v) is 11.4. The highest BCUT2D eigenvalue weighted by Crippen LogP contribution is 2.15. The summed E-state index contributed by atoms with van der Waals surface area (Å²) in [5.74, 6) is -0.156. The molecule has 2 aromatic heterocycles. The number of hydrogen-bond donors (Lipinski definition) is 1. The minimum atomic E-state index is -0.156. The van der Waals surface area contributed by atoms with Crippen LogP contribution in [0, 0.1) is 6.92 Å². The lowest BCUT2D eigenvalue weighted by molar-refractivity contribution is 0.0702. The summed E-state index contributed by atoms with van der Waals surface area (Å²) in [5, 5.41) is 9.10. The second-order valence-corrected chi connectivity index (χ2v) is 5.13. The van der Waals surface area contributed by atoms with Crippen LogP contribution in [0.25, 0.3) is 0 Å². The predicted octanol–water partition coefficient (Wildman–Crippen LogP) is 1.48. The Morgan fingerprint density at radius 3 is 2.95 bits per heavy atom. The van der Waals surface area contributed by atoms with Gasteiger partial charge in [0.05, 0.1) is 12.1 Å². The van der Waals surface area contributed by atoms with Crippen molar-refractivity contribution in [2.75, 3.05) is 13.2 Å². The predicted molar refractivity (Wildman–Crippen MR) is 72.9 cm³/mol. The number of thiazole rings is 1. The highest BCUT2D eigenvalue weighted by molar-refractivity contribution is 7.09. The Morgan fingerprint density at radius 2 is 2.37 bits per heavy atom. The van der Waals surface area contributed by atoms with E-state index in [1.807, 2.05) is 19.1 Å². The van der Waals surface area contributed by atoms with Crippen molar-refractivity contribution in [3.05, 3.63) is 46.2 Å². The summed E-state index contributed by atoms with van der Waals surface area (Å²) >= 11 is 1.44. The van der Waals surface area contributed by atoms with Crippen molar-refractivity contribution in [1.82, 2.24) is 14.9 Å². The molecule has 0 fully saturated rings. The van der Waals surface area contributed by atoms with E-state index in [9.17, 15) is 4.79 Å². The van der Waals surface area contributed by atoms with Crippen molar-refractivity contribution in [3.8, 4) is 0 Å². The van der Waals surface area contributed by atoms with Crippen molar-refractivity contribution < 1.29 is 9.90 Å². The molecule has 2 rings (SSSR count). The van der Waals surface area contributed by atoms with Crippen molar-refractivity contribution in [1.29, 1.82) is 0 Å². The number of aryl methyl sites for hydroxylation is 1. The van der Waals surface area contributed by atoms with Crippen LogP contribution in [0.5, 0.6) is 0 Å². The second kappa shape index (κ2) is 6.40. The average Bonchev–Trinajstić information content (AvgIpc) is 2.85. The molecule has 100 valence electrons. The van der Waals surface area contributed by atoms with Crippen LogP contribution in [-0.4, -0.2) is 39.0 Å². The molecule has 0 unspecified atom stereocenters. The van der Waals surface area contributed by atoms with Gasteiger partial charge in [0.15, 0.2) is 0 Å². The summed E-state index contributed by atoms with van der Waals surface area (Å²) in [6, 6.07) is 3.73. The van der Waals surface area contributed by atoms with Crippen LogP contribution in [0.15, 0.2) is 30.0 Å². The first-order valence-corrected chi connectivity index (χ1v) is 6.79. The third-order valence-corrected chi connectivity index (χ3v) is 3.46. The van der Waals surface area contributed by atoms with E-state index in [-0.39, 0.29) is 19.1 Å². The van der Waals surface area contributed by atoms with E-state index in [0.717, 1.165) is 10.4 Å². The topological polar surface area (TPSA) is 66.3 Å². The number of rotatable bonds is 5. The van der Waals surface area contributed by atoms with E-state index >= 15 is 0 Å². The number of nitrogens with zero attached hydrogens (tertiary/aromatic N) is 3. The zero-order chi connectivity index (χ0) is 13.7. The van der Waals surface area contributed by atoms with Gasteiger partial charge in [-0.1, -0.05) is 6.07 Å². The van der Waals surface area contributed by atoms with Gasteiger partial charge in [0.2, 0.25) is 0 Å². The maximum absolute atomic E-state index is 12.4. The lowest BCUT2D eigenvalue weighted by Crippen LogP contribution is -2.33. The third-order valence-electron chi connectivity index (χ3n) is 2.70. The van der Waals surface area contributed by atoms with Gasteiger partial charge in [-0.25, -0.2) is 4.98 Å². The molecule has 0 aromatic carbocycles. The Labute approximate surface area is 115 Å². The highest BCUT2D eigenvalue weighted by atomic mass is 32.1. The molecule has 19 heavy (non-hydrogen) atoms. The van der Waals surface area contributed by atoms with Gasteiger partial charge in [-0.05, 0) is 18.6 Å². The summed E-state index contributed by atoms with van der Waals surface area (Å²) in [6.45, 7) is 2.50. The number of pyridine rings is 1. The Bertz CT molecular complexity index is 542. The molecule has 6 heteroatoms. The number of aliphatic hydroxyl groups is 1. The van der Waals surface area contributed by atoms with E-state index in [4.69, 9.17) is 5.11 Å². The van der Waals surface area contributed by atoms with E-state index in [1.54, 1.807) is 22.8 Å². The summed E-state index contributed by atoms with van der Waals surface area (Å²) in [4.78, 5) is 22.9. The Morgan fingerprint density at radius 1 is 1.53 bits per heavy atom. The van der Waals surface area contributed by atoms with Crippen molar-refractivity contribution in [2.24, 2.45) is 0 Å². The number of aromatic nitrogens is 2. The van der Waals surface area contributed by atoms with Crippen molar-refractivity contribution in [3.63, 3.8) is 0 Å². The van der Waals surface area contributed by atoms with Gasteiger partial charge in [0.25, 0.3) is 5.91 Å². The molecule has 2 aromatic rings. The van der Waals surface area contributed by atoms with Crippen molar-refractivity contribution >= 4 is 17.2 Å². The Balaban J connectivity index is 2.16. The molecule has 1 amide bonds. The van der Waals surface area contributed by atoms with Gasteiger partial charge in [-0.3, -0.25) is 9.78 Å². The molecule has 0 aliphatic heterocycles. The largest absolute Gasteiger partial charge is 0.395 e. The van der Waals surface area contributed by atoms with Gasteiger partial charge < -0.3 is 10.0 Å². The first-order valence-electron chi connectivity index (χ1n) is 5.91. The number of carbonyl (C=O) groups excluding carboxylic acids is 1. The van der Waals surface area contributed by atoms with Crippen LogP contribution in [-0.2, 0) is 6.54 Å². The maximum atomic E-state index is 12.4. The van der Waals surface area contributed by atoms with E-state index in [2.05, 4.69) is 9.97 Å². The average molecular weight is 277 g/mol. The van der Waals surface area contributed by atoms with Crippen LogP contribution in [0.3, 0.4) is 0 Å². The molecule has 0 spiro atoms. The van der Waals surface area contributed by atoms with Gasteiger partial charge in [-0.15, -0.1) is 11.3 Å². The number of aliphatic hydroxyl groups excluding tert-OH is 1. The first kappa shape index (κ1) is 13.6. The monoisotopic (exact) mass is 277 g/mol. The van der Waals surface area contributed by atoms with Gasteiger partial charge in [-0.2, -0.15) is 0 Å². The van der Waals surface area contributed by atoms with Crippen LogP contribution in [0.1, 0.15) is 20.9 Å². The second-order valence-electron chi connectivity index (χ2n) is 4.07. The minimum absolute atomic E-state index is 0.0742. The van der Waals surface area contributed by atoms with E-state index < -0.39 is 0 Å². The summed E-state index contributed by atoms with van der Waals surface area (Å²) in [6.07, 6.45) is 3.40. The summed E-state index contributed by atoms with van der Waals surface area (Å²) in [5.41, 5.74) is 3.04. The zero-order valence-electron chi connectivity index (χ0n) is 10.6. The summed E-state index contributed by atoms with van der Waals surface area (Å²) in [7, 11) is 0. The van der Waals surface area contributed by atoms with Crippen molar-refractivity contribution in [2.45, 2.75) is 13.5 Å². The molecule has 0 aliphatic rings. The molecule has 0 saturated heterocycles. The molecule has 0 aliphatic carbocycles. The molecular weight excluding hydrogens is 262 g/mol. The smallest absolute Gasteiger partial charge is 0.273 e. The Kier molecular flexibility index (Phi) is 4.59. The van der Waals surface area contributed by atoms with Gasteiger partial charge in [0.1, 0.15) is 5.69 Å². The summed E-state index contributed by atoms with van der Waals surface area (Å²) < 4.78 is 0. The number of carbonyl (C=O) groups is 1. The lowest BCUT2D eigenvalue weighted by atomic mass is 10.2. The minimum Gasteiger partial charge on any atom is -0.395 e. The first-order chi connectivity index (χ1) is 9.22. The standard InChI is InChI=1S/C13H15N3O2S/c1-10-12(15-9-19-10)13(18)16(5-6-17)8-11-3-2-4-14-7-11/h2-4,7,9,17H,5-6,8H2,1H3. The fraction of sp³-hybridized carbons (Fsp3) is 0.308. The fourth-order valence-corrected chi connectivity index (χ4v) is 2.31. The third kappa shape index (κ3) is 3.36. The maximum Gasteiger partial charge on any atom is 0.273 e. The van der Waals surface area contributed by atoms with Gasteiger partial charge >= 0.3 is 0 Å². The molecule has 2 heterocycles. The lowest BCUT2D eigenvalue weighted by Gasteiger charge is -2.21. The normalized spacial score (nSPS) is 10.4. The molecule has 0 bridgehead atoms. The number of amides is 1. The van der Waals surface area contributed by atoms with Crippen LogP contribution < -0.4 is 0 Å². The molecule has 5 nitrogen and oxygen atoms in total. The molecular formula is C13H15N3O2S. The molecule has 1 N–H and O–H groups in total. The molecule has 0 saturated carbocycles.